The van der Waals surface area contributed by atoms with Crippen LogP contribution in [0.4, 0.5) is 0 Å². The molecule has 0 spiro atoms. The number of nitrogens with two attached hydrogens (primary N) is 1. The van der Waals surface area contributed by atoms with Crippen molar-refractivity contribution in [2.24, 2.45) is 5.73 Å². The van der Waals surface area contributed by atoms with Gasteiger partial charge in [0.25, 0.3) is 0 Å². The van der Waals surface area contributed by atoms with Gasteiger partial charge in [0, 0.05) is 22.1 Å². The zero-order valence-corrected chi connectivity index (χ0v) is 10.9. The average Bonchev–Trinajstić information content (AvgIpc) is 2.64. The van der Waals surface area contributed by atoms with E-state index in [-0.39, 0.29) is 5.91 Å². The van der Waals surface area contributed by atoms with Crippen LogP contribution in [0.25, 0.3) is 0 Å². The predicted molar refractivity (Wildman–Crippen MR) is 67.2 cm³/mol. The van der Waals surface area contributed by atoms with E-state index >= 15 is 0 Å². The monoisotopic (exact) mass is 227 g/mol. The lowest BCUT2D eigenvalue weighted by Crippen LogP contribution is -2.14. The SMILES string of the molecule is CC.CCC(CC(N)=O)c1ccc(C)s1. The summed E-state index contributed by atoms with van der Waals surface area (Å²) in [6.07, 6.45) is 1.44. The molecule has 0 aliphatic rings. The van der Waals surface area contributed by atoms with Crippen LogP contribution in [0.5, 0.6) is 0 Å². The van der Waals surface area contributed by atoms with E-state index in [1.54, 1.807) is 11.3 Å². The summed E-state index contributed by atoms with van der Waals surface area (Å²) < 4.78 is 0. The molecule has 0 bridgehead atoms. The van der Waals surface area contributed by atoms with E-state index in [0.717, 1.165) is 6.42 Å². The van der Waals surface area contributed by atoms with Gasteiger partial charge in [-0.05, 0) is 25.5 Å². The maximum Gasteiger partial charge on any atom is 0.218 e. The van der Waals surface area contributed by atoms with Crippen LogP contribution in [0, 0.1) is 6.92 Å². The molecule has 15 heavy (non-hydrogen) atoms. The average molecular weight is 227 g/mol. The van der Waals surface area contributed by atoms with Crippen molar-refractivity contribution in [2.75, 3.05) is 0 Å². The molecule has 1 atom stereocenters. The van der Waals surface area contributed by atoms with Crippen LogP contribution in [0.15, 0.2) is 12.1 Å². The molecule has 1 unspecified atom stereocenters. The Bertz CT molecular complexity index is 294. The highest BCUT2D eigenvalue weighted by Crippen LogP contribution is 2.29. The molecule has 0 aliphatic heterocycles. The number of hydrogen-bond donors (Lipinski definition) is 1. The van der Waals surface area contributed by atoms with Crippen molar-refractivity contribution in [2.45, 2.75) is 46.5 Å². The predicted octanol–water partition coefficient (Wildman–Crippen LogP) is 3.45. The number of aryl methyl sites for hydroxylation is 1. The molecule has 2 N–H and O–H groups in total. The van der Waals surface area contributed by atoms with Gasteiger partial charge in [-0.3, -0.25) is 4.79 Å². The Morgan fingerprint density at radius 3 is 2.40 bits per heavy atom. The van der Waals surface area contributed by atoms with Crippen LogP contribution in [0.3, 0.4) is 0 Å². The van der Waals surface area contributed by atoms with Gasteiger partial charge < -0.3 is 5.73 Å². The van der Waals surface area contributed by atoms with Crippen LogP contribution in [0.1, 0.15) is 49.3 Å². The number of hydrogen-bond acceptors (Lipinski definition) is 2. The highest BCUT2D eigenvalue weighted by Gasteiger charge is 2.13. The normalized spacial score (nSPS) is 11.5. The van der Waals surface area contributed by atoms with E-state index < -0.39 is 0 Å². The summed E-state index contributed by atoms with van der Waals surface area (Å²) in [5.41, 5.74) is 5.18. The first-order valence-electron chi connectivity index (χ1n) is 5.48. The molecular weight excluding hydrogens is 206 g/mol. The number of rotatable bonds is 4. The summed E-state index contributed by atoms with van der Waals surface area (Å²) in [6, 6.07) is 4.18. The molecule has 1 amide bonds. The zero-order valence-electron chi connectivity index (χ0n) is 10.0. The lowest BCUT2D eigenvalue weighted by molar-refractivity contribution is -0.118. The molecule has 0 aromatic carbocycles. The Balaban J connectivity index is 0.000000921. The minimum Gasteiger partial charge on any atom is -0.370 e. The molecule has 2 nitrogen and oxygen atoms in total. The molecule has 3 heteroatoms. The second kappa shape index (κ2) is 7.46. The molecule has 1 heterocycles. The van der Waals surface area contributed by atoms with Crippen molar-refractivity contribution < 1.29 is 4.79 Å². The fraction of sp³-hybridized carbons (Fsp3) is 0.583. The van der Waals surface area contributed by atoms with Crippen LogP contribution in [-0.2, 0) is 4.79 Å². The summed E-state index contributed by atoms with van der Waals surface area (Å²) in [6.45, 7) is 8.16. The molecule has 1 rings (SSSR count). The highest BCUT2D eigenvalue weighted by atomic mass is 32.1. The van der Waals surface area contributed by atoms with Gasteiger partial charge in [-0.1, -0.05) is 20.8 Å². The number of thiophene rings is 1. The standard InChI is InChI=1S/C10H15NOS.C2H6/c1-3-8(6-10(11)12)9-5-4-7(2)13-9;1-2/h4-5,8H,3,6H2,1-2H3,(H2,11,12);1-2H3. The number of amides is 1. The van der Waals surface area contributed by atoms with Gasteiger partial charge in [0.15, 0.2) is 0 Å². The van der Waals surface area contributed by atoms with Gasteiger partial charge in [-0.25, -0.2) is 0 Å². The Hall–Kier alpha value is -0.830. The molecule has 1 aromatic heterocycles. The lowest BCUT2D eigenvalue weighted by atomic mass is 10.0. The number of carbonyl (C=O) groups excluding carboxylic acids is 1. The van der Waals surface area contributed by atoms with Crippen molar-refractivity contribution in [3.63, 3.8) is 0 Å². The Morgan fingerprint density at radius 1 is 1.47 bits per heavy atom. The molecule has 0 radical (unpaired) electrons. The molecule has 0 aliphatic carbocycles. The summed E-state index contributed by atoms with van der Waals surface area (Å²) in [5.74, 6) is 0.106. The number of carbonyl (C=O) groups is 1. The second-order valence-corrected chi connectivity index (χ2v) is 4.54. The van der Waals surface area contributed by atoms with E-state index in [0.29, 0.717) is 12.3 Å². The van der Waals surface area contributed by atoms with Gasteiger partial charge >= 0.3 is 0 Å². The first kappa shape index (κ1) is 14.2. The third-order valence-corrected chi connectivity index (χ3v) is 3.27. The fourth-order valence-corrected chi connectivity index (χ4v) is 2.42. The lowest BCUT2D eigenvalue weighted by Gasteiger charge is -2.09. The van der Waals surface area contributed by atoms with E-state index in [9.17, 15) is 4.79 Å². The Labute approximate surface area is 96.5 Å². The molecule has 0 saturated carbocycles. The van der Waals surface area contributed by atoms with Gasteiger partial charge in [-0.15, -0.1) is 11.3 Å². The summed E-state index contributed by atoms with van der Waals surface area (Å²) in [7, 11) is 0. The van der Waals surface area contributed by atoms with Gasteiger partial charge in [0.1, 0.15) is 0 Å². The largest absolute Gasteiger partial charge is 0.370 e. The summed E-state index contributed by atoms with van der Waals surface area (Å²) in [4.78, 5) is 13.3. The Morgan fingerprint density at radius 2 is 2.07 bits per heavy atom. The number of primary amides is 1. The van der Waals surface area contributed by atoms with E-state index in [2.05, 4.69) is 26.0 Å². The van der Waals surface area contributed by atoms with Gasteiger partial charge in [-0.2, -0.15) is 0 Å². The van der Waals surface area contributed by atoms with Crippen LogP contribution in [-0.4, -0.2) is 5.91 Å². The minimum absolute atomic E-state index is 0.210. The third kappa shape index (κ3) is 4.98. The minimum atomic E-state index is -0.210. The van der Waals surface area contributed by atoms with Crippen molar-refractivity contribution >= 4 is 17.2 Å². The fourth-order valence-electron chi connectivity index (χ4n) is 1.36. The summed E-state index contributed by atoms with van der Waals surface area (Å²) >= 11 is 1.75. The van der Waals surface area contributed by atoms with Crippen molar-refractivity contribution in [1.82, 2.24) is 0 Å². The quantitative estimate of drug-likeness (QED) is 0.841. The molecule has 86 valence electrons. The smallest absolute Gasteiger partial charge is 0.218 e. The van der Waals surface area contributed by atoms with Crippen LogP contribution in [0.2, 0.25) is 0 Å². The van der Waals surface area contributed by atoms with Crippen LogP contribution >= 0.6 is 11.3 Å². The summed E-state index contributed by atoms with van der Waals surface area (Å²) in [5, 5.41) is 0. The van der Waals surface area contributed by atoms with Crippen LogP contribution < -0.4 is 5.73 Å². The maximum absolute atomic E-state index is 10.8. The Kier molecular flexibility index (Phi) is 7.05. The van der Waals surface area contributed by atoms with E-state index in [4.69, 9.17) is 5.73 Å². The van der Waals surface area contributed by atoms with Crippen molar-refractivity contribution in [3.8, 4) is 0 Å². The van der Waals surface area contributed by atoms with E-state index in [1.807, 2.05) is 13.8 Å². The van der Waals surface area contributed by atoms with Gasteiger partial charge in [0.2, 0.25) is 5.91 Å². The third-order valence-electron chi connectivity index (χ3n) is 2.10. The topological polar surface area (TPSA) is 43.1 Å². The van der Waals surface area contributed by atoms with E-state index in [1.165, 1.54) is 9.75 Å². The zero-order chi connectivity index (χ0) is 11.8. The molecule has 0 fully saturated rings. The molecule has 0 saturated heterocycles. The second-order valence-electron chi connectivity index (χ2n) is 3.22. The molecular formula is C12H21NOS. The maximum atomic E-state index is 10.8. The highest BCUT2D eigenvalue weighted by molar-refractivity contribution is 7.12. The first-order chi connectivity index (χ1) is 7.13. The molecule has 1 aromatic rings. The first-order valence-corrected chi connectivity index (χ1v) is 6.29. The van der Waals surface area contributed by atoms with Crippen molar-refractivity contribution in [1.29, 1.82) is 0 Å². The van der Waals surface area contributed by atoms with Crippen molar-refractivity contribution in [3.05, 3.63) is 21.9 Å². The van der Waals surface area contributed by atoms with Gasteiger partial charge in [0.05, 0.1) is 0 Å².